The normalized spacial score (nSPS) is 9.62. The number of anilines is 1. The molecule has 1 aromatic carbocycles. The second kappa shape index (κ2) is 7.22. The van der Waals surface area contributed by atoms with Gasteiger partial charge in [-0.1, -0.05) is 24.0 Å². The van der Waals surface area contributed by atoms with Gasteiger partial charge in [-0.2, -0.15) is 0 Å². The van der Waals surface area contributed by atoms with E-state index in [0.717, 1.165) is 11.1 Å². The number of carbonyl (C=O) groups excluding carboxylic acids is 1. The standard InChI is InChI=1S/C17H16N2O2/c1-13-8-9-15(12-14(13)6-3-5-11-20)17(21)19-16-7-2-4-10-18-16/h2,4,7-10,12,20H,5,11H2,1H3,(H,18,19,21). The molecule has 1 heterocycles. The predicted octanol–water partition coefficient (Wildman–Crippen LogP) is 2.38. The molecule has 0 bridgehead atoms. The fourth-order valence-electron chi connectivity index (χ4n) is 1.74. The minimum absolute atomic E-state index is 0.0336. The summed E-state index contributed by atoms with van der Waals surface area (Å²) in [5.74, 6) is 6.12. The molecule has 106 valence electrons. The second-order valence-electron chi connectivity index (χ2n) is 4.47. The maximum atomic E-state index is 12.2. The lowest BCUT2D eigenvalue weighted by molar-refractivity contribution is 0.102. The molecule has 1 aromatic heterocycles. The number of aliphatic hydroxyl groups excluding tert-OH is 1. The highest BCUT2D eigenvalue weighted by atomic mass is 16.2. The van der Waals surface area contributed by atoms with Crippen LogP contribution in [0.4, 0.5) is 5.82 Å². The van der Waals surface area contributed by atoms with Crippen molar-refractivity contribution in [1.29, 1.82) is 0 Å². The first-order valence-corrected chi connectivity index (χ1v) is 6.63. The molecule has 0 aliphatic rings. The van der Waals surface area contributed by atoms with Gasteiger partial charge in [0.1, 0.15) is 5.82 Å². The predicted molar refractivity (Wildman–Crippen MR) is 82.0 cm³/mol. The number of nitrogens with one attached hydrogen (secondary N) is 1. The largest absolute Gasteiger partial charge is 0.395 e. The summed E-state index contributed by atoms with van der Waals surface area (Å²) in [5, 5.41) is 11.5. The minimum Gasteiger partial charge on any atom is -0.395 e. The van der Waals surface area contributed by atoms with Gasteiger partial charge in [0.05, 0.1) is 6.61 Å². The van der Waals surface area contributed by atoms with Crippen molar-refractivity contribution in [3.63, 3.8) is 0 Å². The van der Waals surface area contributed by atoms with Gasteiger partial charge in [0.15, 0.2) is 0 Å². The van der Waals surface area contributed by atoms with Crippen LogP contribution in [-0.2, 0) is 0 Å². The monoisotopic (exact) mass is 280 g/mol. The first-order valence-electron chi connectivity index (χ1n) is 6.63. The van der Waals surface area contributed by atoms with Gasteiger partial charge in [-0.05, 0) is 36.8 Å². The zero-order chi connectivity index (χ0) is 15.1. The Balaban J connectivity index is 2.19. The minimum atomic E-state index is -0.223. The fourth-order valence-corrected chi connectivity index (χ4v) is 1.74. The van der Waals surface area contributed by atoms with E-state index in [1.165, 1.54) is 0 Å². The van der Waals surface area contributed by atoms with E-state index in [2.05, 4.69) is 22.1 Å². The van der Waals surface area contributed by atoms with Crippen LogP contribution in [0, 0.1) is 18.8 Å². The SMILES string of the molecule is Cc1ccc(C(=O)Nc2ccccn2)cc1C#CCCO. The summed E-state index contributed by atoms with van der Waals surface area (Å²) in [6, 6.07) is 10.7. The molecule has 0 aliphatic heterocycles. The Hall–Kier alpha value is -2.64. The van der Waals surface area contributed by atoms with Crippen molar-refractivity contribution in [2.24, 2.45) is 0 Å². The smallest absolute Gasteiger partial charge is 0.256 e. The average Bonchev–Trinajstić information content (AvgIpc) is 2.50. The number of hydrogen-bond acceptors (Lipinski definition) is 3. The fraction of sp³-hybridized carbons (Fsp3) is 0.176. The van der Waals surface area contributed by atoms with Crippen LogP contribution in [0.2, 0.25) is 0 Å². The Morgan fingerprint density at radius 3 is 2.90 bits per heavy atom. The van der Waals surface area contributed by atoms with Crippen molar-refractivity contribution < 1.29 is 9.90 Å². The average molecular weight is 280 g/mol. The van der Waals surface area contributed by atoms with E-state index in [4.69, 9.17) is 5.11 Å². The maximum absolute atomic E-state index is 12.2. The van der Waals surface area contributed by atoms with E-state index < -0.39 is 0 Å². The van der Waals surface area contributed by atoms with Gasteiger partial charge in [-0.3, -0.25) is 4.79 Å². The molecule has 0 fully saturated rings. The molecule has 0 saturated carbocycles. The molecule has 2 rings (SSSR count). The third-order valence-electron chi connectivity index (χ3n) is 2.87. The highest BCUT2D eigenvalue weighted by Crippen LogP contribution is 2.12. The van der Waals surface area contributed by atoms with E-state index in [1.807, 2.05) is 19.1 Å². The van der Waals surface area contributed by atoms with E-state index in [9.17, 15) is 4.79 Å². The molecular weight excluding hydrogens is 264 g/mol. The summed E-state index contributed by atoms with van der Waals surface area (Å²) in [7, 11) is 0. The van der Waals surface area contributed by atoms with Crippen molar-refractivity contribution in [2.45, 2.75) is 13.3 Å². The molecule has 0 atom stereocenters. The Kier molecular flexibility index (Phi) is 5.08. The molecule has 21 heavy (non-hydrogen) atoms. The first-order chi connectivity index (χ1) is 10.2. The summed E-state index contributed by atoms with van der Waals surface area (Å²) in [6.07, 6.45) is 2.04. The lowest BCUT2D eigenvalue weighted by Crippen LogP contribution is -2.13. The molecule has 2 N–H and O–H groups in total. The number of aliphatic hydroxyl groups is 1. The molecule has 2 aromatic rings. The third kappa shape index (κ3) is 4.16. The third-order valence-corrected chi connectivity index (χ3v) is 2.87. The number of hydrogen-bond donors (Lipinski definition) is 2. The molecule has 0 radical (unpaired) electrons. The Morgan fingerprint density at radius 2 is 2.19 bits per heavy atom. The molecule has 4 nitrogen and oxygen atoms in total. The summed E-state index contributed by atoms with van der Waals surface area (Å²) in [6.45, 7) is 1.97. The number of aryl methyl sites for hydroxylation is 1. The number of amides is 1. The van der Waals surface area contributed by atoms with Gasteiger partial charge in [0.2, 0.25) is 0 Å². The van der Waals surface area contributed by atoms with Crippen LogP contribution in [0.1, 0.15) is 27.9 Å². The summed E-state index contributed by atoms with van der Waals surface area (Å²) < 4.78 is 0. The zero-order valence-corrected chi connectivity index (χ0v) is 11.8. The van der Waals surface area contributed by atoms with Crippen LogP contribution < -0.4 is 5.32 Å². The van der Waals surface area contributed by atoms with Gasteiger partial charge in [0.25, 0.3) is 5.91 Å². The van der Waals surface area contributed by atoms with Crippen LogP contribution in [0.5, 0.6) is 0 Å². The molecule has 0 spiro atoms. The Morgan fingerprint density at radius 1 is 1.33 bits per heavy atom. The van der Waals surface area contributed by atoms with Gasteiger partial charge in [-0.15, -0.1) is 0 Å². The van der Waals surface area contributed by atoms with Gasteiger partial charge >= 0.3 is 0 Å². The molecule has 4 heteroatoms. The van der Waals surface area contributed by atoms with Crippen LogP contribution in [0.3, 0.4) is 0 Å². The van der Waals surface area contributed by atoms with Gasteiger partial charge < -0.3 is 10.4 Å². The summed E-state index contributed by atoms with van der Waals surface area (Å²) in [5.41, 5.74) is 2.31. The van der Waals surface area contributed by atoms with Gasteiger partial charge in [-0.25, -0.2) is 4.98 Å². The number of pyridine rings is 1. The zero-order valence-electron chi connectivity index (χ0n) is 11.8. The number of benzene rings is 1. The Bertz CT molecular complexity index is 685. The highest BCUT2D eigenvalue weighted by molar-refractivity contribution is 6.04. The molecule has 0 aliphatic carbocycles. The lowest BCUT2D eigenvalue weighted by Gasteiger charge is -2.06. The van der Waals surface area contributed by atoms with Crippen molar-refractivity contribution >= 4 is 11.7 Å². The highest BCUT2D eigenvalue weighted by Gasteiger charge is 2.08. The quantitative estimate of drug-likeness (QED) is 0.849. The molecule has 1 amide bonds. The van der Waals surface area contributed by atoms with E-state index >= 15 is 0 Å². The van der Waals surface area contributed by atoms with E-state index in [0.29, 0.717) is 17.8 Å². The summed E-state index contributed by atoms with van der Waals surface area (Å²) >= 11 is 0. The molecule has 0 unspecified atom stereocenters. The number of nitrogens with zero attached hydrogens (tertiary/aromatic N) is 1. The first kappa shape index (κ1) is 14.8. The number of rotatable bonds is 3. The van der Waals surface area contributed by atoms with Crippen molar-refractivity contribution in [3.8, 4) is 11.8 Å². The summed E-state index contributed by atoms with van der Waals surface area (Å²) in [4.78, 5) is 16.2. The lowest BCUT2D eigenvalue weighted by atomic mass is 10.0. The van der Waals surface area contributed by atoms with Crippen LogP contribution in [0.15, 0.2) is 42.6 Å². The van der Waals surface area contributed by atoms with Crippen LogP contribution in [-0.4, -0.2) is 22.6 Å². The Labute approximate surface area is 123 Å². The number of carbonyl (C=O) groups is 1. The number of aromatic nitrogens is 1. The topological polar surface area (TPSA) is 62.2 Å². The van der Waals surface area contributed by atoms with Crippen molar-refractivity contribution in [1.82, 2.24) is 4.98 Å². The molecule has 0 saturated heterocycles. The molecular formula is C17H16N2O2. The van der Waals surface area contributed by atoms with Gasteiger partial charge in [0, 0.05) is 23.7 Å². The van der Waals surface area contributed by atoms with E-state index in [1.54, 1.807) is 30.5 Å². The van der Waals surface area contributed by atoms with Crippen molar-refractivity contribution in [3.05, 3.63) is 59.3 Å². The van der Waals surface area contributed by atoms with Crippen molar-refractivity contribution in [2.75, 3.05) is 11.9 Å². The second-order valence-corrected chi connectivity index (χ2v) is 4.47. The van der Waals surface area contributed by atoms with Crippen LogP contribution in [0.25, 0.3) is 0 Å². The van der Waals surface area contributed by atoms with E-state index in [-0.39, 0.29) is 12.5 Å². The maximum Gasteiger partial charge on any atom is 0.256 e. The van der Waals surface area contributed by atoms with Crippen LogP contribution >= 0.6 is 0 Å².